The van der Waals surface area contributed by atoms with E-state index in [1.165, 1.54) is 7.07 Å². The van der Waals surface area contributed by atoms with E-state index in [0.717, 1.165) is 12.0 Å². The normalized spacial score (nSPS) is 15.9. The van der Waals surface area contributed by atoms with Gasteiger partial charge < -0.3 is 0 Å². The van der Waals surface area contributed by atoms with Crippen LogP contribution in [-0.4, -0.2) is 7.07 Å². The van der Waals surface area contributed by atoms with Crippen LogP contribution in [0.5, 0.6) is 0 Å². The molecule has 9 heavy (non-hydrogen) atoms. The molecule has 0 saturated carbocycles. The molecule has 1 nitrogen and oxygen atoms in total. The maximum absolute atomic E-state index is 7.10. The summed E-state index contributed by atoms with van der Waals surface area (Å²) in [5.74, 6) is 0. The Labute approximate surface area is 57.9 Å². The van der Waals surface area contributed by atoms with E-state index in [1.54, 1.807) is 0 Å². The van der Waals surface area contributed by atoms with Crippen molar-refractivity contribution in [2.24, 2.45) is 0 Å². The van der Waals surface area contributed by atoms with Crippen LogP contribution in [0, 0.1) is 5.31 Å². The fourth-order valence-electron chi connectivity index (χ4n) is 0.527. The summed E-state index contributed by atoms with van der Waals surface area (Å²) in [6.45, 7) is 9.88. The monoisotopic (exact) mass is 123 g/mol. The molecule has 0 aromatic rings. The summed E-state index contributed by atoms with van der Waals surface area (Å²) >= 11 is 0. The summed E-state index contributed by atoms with van der Waals surface area (Å²) in [6, 6.07) is 0. The minimum atomic E-state index is -0.0694. The van der Waals surface area contributed by atoms with Crippen molar-refractivity contribution in [1.29, 1.82) is 5.31 Å². The predicted octanol–water partition coefficient (Wildman–Crippen LogP) is 2.62. The Morgan fingerprint density at radius 2 is 2.22 bits per heavy atom. The molecule has 0 saturated heterocycles. The Kier molecular flexibility index (Phi) is 2.82. The van der Waals surface area contributed by atoms with Crippen molar-refractivity contribution >= 4 is 7.07 Å². The first-order valence-electron chi connectivity index (χ1n) is 3.24. The molecule has 0 rings (SSSR count). The first kappa shape index (κ1) is 8.60. The van der Waals surface area contributed by atoms with Crippen LogP contribution < -0.4 is 0 Å². The van der Waals surface area contributed by atoms with E-state index in [9.17, 15) is 0 Å². The van der Waals surface area contributed by atoms with Crippen LogP contribution in [-0.2, 0) is 0 Å². The average Bonchev–Trinajstić information content (AvgIpc) is 1.86. The third-order valence-electron chi connectivity index (χ3n) is 2.03. The number of rotatable bonds is 3. The standard InChI is InChI=1S/C7H14BN/c1-5-7(4,8-9)6(2)3/h9H,2,5H2,1,3-4H3. The molecule has 50 valence electrons. The van der Waals surface area contributed by atoms with Gasteiger partial charge in [-0.3, -0.25) is 0 Å². The Morgan fingerprint density at radius 3 is 2.22 bits per heavy atom. The molecule has 0 radical (unpaired) electrons. The van der Waals surface area contributed by atoms with Crippen molar-refractivity contribution in [1.82, 2.24) is 0 Å². The van der Waals surface area contributed by atoms with Crippen molar-refractivity contribution in [2.75, 3.05) is 0 Å². The maximum atomic E-state index is 7.10. The molecule has 0 aliphatic heterocycles. The molecule has 0 aliphatic carbocycles. The van der Waals surface area contributed by atoms with Gasteiger partial charge in [-0.25, -0.2) is 0 Å². The van der Waals surface area contributed by atoms with E-state index in [2.05, 4.69) is 13.5 Å². The van der Waals surface area contributed by atoms with Crippen LogP contribution in [0.15, 0.2) is 12.2 Å². The predicted molar refractivity (Wildman–Crippen MR) is 41.9 cm³/mol. The summed E-state index contributed by atoms with van der Waals surface area (Å²) in [6.07, 6.45) is 0.964. The van der Waals surface area contributed by atoms with Crippen LogP contribution in [0.3, 0.4) is 0 Å². The van der Waals surface area contributed by atoms with Gasteiger partial charge in [0.05, 0.1) is 0 Å². The average molecular weight is 123 g/mol. The zero-order valence-corrected chi connectivity index (χ0v) is 6.49. The van der Waals surface area contributed by atoms with Crippen LogP contribution in [0.25, 0.3) is 0 Å². The summed E-state index contributed by atoms with van der Waals surface area (Å²) in [7, 11) is 1.47. The van der Waals surface area contributed by atoms with Gasteiger partial charge >= 0.3 is 57.0 Å². The Morgan fingerprint density at radius 1 is 1.78 bits per heavy atom. The van der Waals surface area contributed by atoms with Gasteiger partial charge in [-0.2, -0.15) is 0 Å². The molecule has 0 fully saturated rings. The molecule has 0 amide bonds. The Bertz CT molecular complexity index is 131. The van der Waals surface area contributed by atoms with Gasteiger partial charge in [0.2, 0.25) is 0 Å². The van der Waals surface area contributed by atoms with Gasteiger partial charge in [0.1, 0.15) is 0 Å². The van der Waals surface area contributed by atoms with Crippen molar-refractivity contribution in [3.05, 3.63) is 12.2 Å². The van der Waals surface area contributed by atoms with E-state index in [0.29, 0.717) is 0 Å². The summed E-state index contributed by atoms with van der Waals surface area (Å²) in [5, 5.41) is 7.03. The van der Waals surface area contributed by atoms with E-state index < -0.39 is 0 Å². The number of allylic oxidation sites excluding steroid dienone is 1. The SMILES string of the molecule is C=C(C)C(C)(B=N)CC. The zero-order chi connectivity index (χ0) is 7.49. The first-order valence-corrected chi connectivity index (χ1v) is 3.24. The van der Waals surface area contributed by atoms with Crippen LogP contribution in [0.2, 0.25) is 5.31 Å². The van der Waals surface area contributed by atoms with Crippen molar-refractivity contribution in [3.63, 3.8) is 0 Å². The summed E-state index contributed by atoms with van der Waals surface area (Å²) < 4.78 is 0. The van der Waals surface area contributed by atoms with Crippen molar-refractivity contribution in [3.8, 4) is 0 Å². The van der Waals surface area contributed by atoms with Crippen LogP contribution >= 0.6 is 0 Å². The van der Waals surface area contributed by atoms with E-state index in [-0.39, 0.29) is 5.31 Å². The topological polar surface area (TPSA) is 23.9 Å². The minimum absolute atomic E-state index is 0.0694. The second-order valence-corrected chi connectivity index (χ2v) is 2.70. The van der Waals surface area contributed by atoms with Gasteiger partial charge in [-0.05, 0) is 0 Å². The van der Waals surface area contributed by atoms with Gasteiger partial charge in [-0.1, -0.05) is 0 Å². The molecule has 0 bridgehead atoms. The third-order valence-corrected chi connectivity index (χ3v) is 2.03. The van der Waals surface area contributed by atoms with E-state index in [1.807, 2.05) is 13.8 Å². The third kappa shape index (κ3) is 1.77. The first-order chi connectivity index (χ1) is 4.06. The summed E-state index contributed by atoms with van der Waals surface area (Å²) in [5.41, 5.74) is 1.07. The Balaban J connectivity index is 4.27. The second-order valence-electron chi connectivity index (χ2n) is 2.70. The van der Waals surface area contributed by atoms with Crippen LogP contribution in [0.1, 0.15) is 27.2 Å². The summed E-state index contributed by atoms with van der Waals surface area (Å²) in [4.78, 5) is 0. The molecule has 0 heterocycles. The molecular weight excluding hydrogens is 109 g/mol. The van der Waals surface area contributed by atoms with Crippen LogP contribution in [0.4, 0.5) is 0 Å². The molecule has 0 aromatic carbocycles. The molecule has 1 unspecified atom stereocenters. The molecule has 1 atom stereocenters. The Hall–Kier alpha value is -0.395. The van der Waals surface area contributed by atoms with Crippen molar-refractivity contribution in [2.45, 2.75) is 32.5 Å². The van der Waals surface area contributed by atoms with Gasteiger partial charge in [0.15, 0.2) is 0 Å². The molecular formula is C7H14BN. The van der Waals surface area contributed by atoms with E-state index >= 15 is 0 Å². The van der Waals surface area contributed by atoms with Gasteiger partial charge in [0, 0.05) is 0 Å². The second kappa shape index (κ2) is 2.95. The molecule has 0 spiro atoms. The van der Waals surface area contributed by atoms with Gasteiger partial charge in [-0.15, -0.1) is 0 Å². The zero-order valence-electron chi connectivity index (χ0n) is 6.49. The molecule has 2 heteroatoms. The fourth-order valence-corrected chi connectivity index (χ4v) is 0.527. The molecule has 0 aliphatic rings. The number of hydrogen-bond acceptors (Lipinski definition) is 1. The fraction of sp³-hybridized carbons (Fsp3) is 0.714. The van der Waals surface area contributed by atoms with E-state index in [4.69, 9.17) is 5.31 Å². The molecule has 1 N–H and O–H groups in total. The molecule has 0 aromatic heterocycles. The van der Waals surface area contributed by atoms with Crippen molar-refractivity contribution < 1.29 is 0 Å². The number of hydrogen-bond donors (Lipinski definition) is 1. The quantitative estimate of drug-likeness (QED) is 0.440. The number of nitrogens with one attached hydrogen (secondary N) is 1. The van der Waals surface area contributed by atoms with Gasteiger partial charge in [0.25, 0.3) is 0 Å².